The SMILES string of the molecule is O=C(CCCc1ccc(Cl)cc1)NCc1cccc(C(=O)NCc2ccco2)c1. The largest absolute Gasteiger partial charge is 0.467 e. The number of aryl methyl sites for hydroxylation is 1. The lowest BCUT2D eigenvalue weighted by Gasteiger charge is -2.08. The van der Waals surface area contributed by atoms with E-state index in [0.717, 1.165) is 24.0 Å². The second-order valence-electron chi connectivity index (χ2n) is 6.72. The highest BCUT2D eigenvalue weighted by molar-refractivity contribution is 6.30. The average molecular weight is 411 g/mol. The Balaban J connectivity index is 1.41. The lowest BCUT2D eigenvalue weighted by Crippen LogP contribution is -2.24. The van der Waals surface area contributed by atoms with Crippen molar-refractivity contribution in [3.05, 3.63) is 94.4 Å². The van der Waals surface area contributed by atoms with Gasteiger partial charge in [0.25, 0.3) is 5.91 Å². The number of rotatable bonds is 9. The molecule has 29 heavy (non-hydrogen) atoms. The predicted octanol–water partition coefficient (Wildman–Crippen LogP) is 4.50. The maximum atomic E-state index is 12.3. The molecular formula is C23H23ClN2O3. The Morgan fingerprint density at radius 2 is 1.72 bits per heavy atom. The first kappa shape index (κ1) is 20.7. The molecule has 1 heterocycles. The van der Waals surface area contributed by atoms with Crippen LogP contribution in [0.4, 0.5) is 0 Å². The Morgan fingerprint density at radius 3 is 2.48 bits per heavy atom. The second-order valence-corrected chi connectivity index (χ2v) is 7.16. The Bertz CT molecular complexity index is 937. The molecule has 0 spiro atoms. The number of hydrogen-bond acceptors (Lipinski definition) is 3. The van der Waals surface area contributed by atoms with Crippen molar-refractivity contribution in [1.29, 1.82) is 0 Å². The van der Waals surface area contributed by atoms with Crippen LogP contribution < -0.4 is 10.6 Å². The fourth-order valence-electron chi connectivity index (χ4n) is 2.90. The molecule has 3 aromatic rings. The summed E-state index contributed by atoms with van der Waals surface area (Å²) in [5.41, 5.74) is 2.59. The van der Waals surface area contributed by atoms with Crippen LogP contribution >= 0.6 is 11.6 Å². The van der Waals surface area contributed by atoms with E-state index in [4.69, 9.17) is 16.0 Å². The van der Waals surface area contributed by atoms with Crippen molar-refractivity contribution in [2.45, 2.75) is 32.4 Å². The van der Waals surface area contributed by atoms with E-state index in [1.807, 2.05) is 36.4 Å². The highest BCUT2D eigenvalue weighted by Crippen LogP contribution is 2.12. The number of furan rings is 1. The number of nitrogens with one attached hydrogen (secondary N) is 2. The van der Waals surface area contributed by atoms with Gasteiger partial charge in [-0.1, -0.05) is 35.9 Å². The van der Waals surface area contributed by atoms with E-state index in [1.54, 1.807) is 30.5 Å². The molecular weight excluding hydrogens is 388 g/mol. The van der Waals surface area contributed by atoms with Crippen molar-refractivity contribution in [1.82, 2.24) is 10.6 Å². The van der Waals surface area contributed by atoms with E-state index in [-0.39, 0.29) is 11.8 Å². The van der Waals surface area contributed by atoms with Crippen LogP contribution in [0.3, 0.4) is 0 Å². The van der Waals surface area contributed by atoms with Gasteiger partial charge in [-0.3, -0.25) is 9.59 Å². The first-order valence-electron chi connectivity index (χ1n) is 9.51. The first-order valence-corrected chi connectivity index (χ1v) is 9.88. The van der Waals surface area contributed by atoms with E-state index in [9.17, 15) is 9.59 Å². The quantitative estimate of drug-likeness (QED) is 0.545. The fraction of sp³-hybridized carbons (Fsp3) is 0.217. The zero-order chi connectivity index (χ0) is 20.5. The third kappa shape index (κ3) is 6.80. The summed E-state index contributed by atoms with van der Waals surface area (Å²) in [6.45, 7) is 0.722. The summed E-state index contributed by atoms with van der Waals surface area (Å²) < 4.78 is 5.21. The minimum atomic E-state index is -0.183. The van der Waals surface area contributed by atoms with E-state index in [0.29, 0.717) is 35.9 Å². The van der Waals surface area contributed by atoms with Gasteiger partial charge < -0.3 is 15.1 Å². The first-order chi connectivity index (χ1) is 14.1. The van der Waals surface area contributed by atoms with Gasteiger partial charge in [0.2, 0.25) is 5.91 Å². The Hall–Kier alpha value is -3.05. The van der Waals surface area contributed by atoms with Gasteiger partial charge in [-0.2, -0.15) is 0 Å². The van der Waals surface area contributed by atoms with Crippen LogP contribution in [0.1, 0.15) is 40.1 Å². The van der Waals surface area contributed by atoms with Crippen LogP contribution in [0.25, 0.3) is 0 Å². The summed E-state index contributed by atoms with van der Waals surface area (Å²) >= 11 is 5.87. The normalized spacial score (nSPS) is 10.5. The van der Waals surface area contributed by atoms with Gasteiger partial charge in [-0.15, -0.1) is 0 Å². The number of hydrogen-bond donors (Lipinski definition) is 2. The molecule has 6 heteroatoms. The molecule has 0 saturated heterocycles. The Labute approximate surface area is 175 Å². The molecule has 1 aromatic heterocycles. The number of carbonyl (C=O) groups is 2. The van der Waals surface area contributed by atoms with Crippen molar-refractivity contribution in [3.8, 4) is 0 Å². The zero-order valence-corrected chi connectivity index (χ0v) is 16.7. The molecule has 0 aliphatic carbocycles. The molecule has 5 nitrogen and oxygen atoms in total. The molecule has 0 unspecified atom stereocenters. The van der Waals surface area contributed by atoms with Crippen LogP contribution in [0.2, 0.25) is 5.02 Å². The van der Waals surface area contributed by atoms with Gasteiger partial charge in [0, 0.05) is 23.6 Å². The molecule has 3 rings (SSSR count). The minimum Gasteiger partial charge on any atom is -0.467 e. The third-order valence-corrected chi connectivity index (χ3v) is 4.72. The number of halogens is 1. The molecule has 0 atom stereocenters. The van der Waals surface area contributed by atoms with Crippen molar-refractivity contribution in [2.75, 3.05) is 0 Å². The van der Waals surface area contributed by atoms with Crippen LogP contribution in [-0.4, -0.2) is 11.8 Å². The zero-order valence-electron chi connectivity index (χ0n) is 16.0. The second kappa shape index (κ2) is 10.5. The third-order valence-electron chi connectivity index (χ3n) is 4.46. The van der Waals surface area contributed by atoms with E-state index in [1.165, 1.54) is 0 Å². The van der Waals surface area contributed by atoms with Gasteiger partial charge in [0.05, 0.1) is 12.8 Å². The smallest absolute Gasteiger partial charge is 0.251 e. The lowest BCUT2D eigenvalue weighted by atomic mass is 10.1. The van der Waals surface area contributed by atoms with Gasteiger partial charge in [0.15, 0.2) is 0 Å². The van der Waals surface area contributed by atoms with E-state index < -0.39 is 0 Å². The van der Waals surface area contributed by atoms with Crippen LogP contribution in [0.5, 0.6) is 0 Å². The summed E-state index contributed by atoms with van der Waals surface area (Å²) in [6.07, 6.45) is 3.62. The highest BCUT2D eigenvalue weighted by atomic mass is 35.5. The monoisotopic (exact) mass is 410 g/mol. The van der Waals surface area contributed by atoms with Crippen molar-refractivity contribution in [2.24, 2.45) is 0 Å². The highest BCUT2D eigenvalue weighted by Gasteiger charge is 2.08. The summed E-state index contributed by atoms with van der Waals surface area (Å²) in [7, 11) is 0. The molecule has 150 valence electrons. The van der Waals surface area contributed by atoms with Crippen molar-refractivity contribution in [3.63, 3.8) is 0 Å². The number of benzene rings is 2. The molecule has 0 radical (unpaired) electrons. The average Bonchev–Trinajstić information content (AvgIpc) is 3.26. The molecule has 0 fully saturated rings. The van der Waals surface area contributed by atoms with Crippen LogP contribution in [0, 0.1) is 0 Å². The standard InChI is InChI=1S/C23H23ClN2O3/c24-20-11-9-17(10-12-20)4-2-8-22(27)25-15-18-5-1-6-19(14-18)23(28)26-16-21-7-3-13-29-21/h1,3,5-7,9-14H,2,4,8,15-16H2,(H,25,27)(H,26,28). The van der Waals surface area contributed by atoms with E-state index in [2.05, 4.69) is 10.6 Å². The summed E-state index contributed by atoms with van der Waals surface area (Å²) in [6, 6.07) is 18.5. The van der Waals surface area contributed by atoms with Crippen LogP contribution in [-0.2, 0) is 24.3 Å². The van der Waals surface area contributed by atoms with Crippen molar-refractivity contribution >= 4 is 23.4 Å². The van der Waals surface area contributed by atoms with Crippen molar-refractivity contribution < 1.29 is 14.0 Å². The Kier molecular flexibility index (Phi) is 7.47. The molecule has 2 amide bonds. The Morgan fingerprint density at radius 1 is 0.897 bits per heavy atom. The minimum absolute atomic E-state index is 0.00774. The molecule has 0 aliphatic heterocycles. The molecule has 2 aromatic carbocycles. The van der Waals surface area contributed by atoms with Gasteiger partial charge in [0.1, 0.15) is 5.76 Å². The molecule has 2 N–H and O–H groups in total. The number of carbonyl (C=O) groups excluding carboxylic acids is 2. The molecule has 0 saturated carbocycles. The summed E-state index contributed by atoms with van der Waals surface area (Å²) in [5.74, 6) is 0.504. The van der Waals surface area contributed by atoms with Gasteiger partial charge >= 0.3 is 0 Å². The van der Waals surface area contributed by atoms with E-state index >= 15 is 0 Å². The topological polar surface area (TPSA) is 71.3 Å². The predicted molar refractivity (Wildman–Crippen MR) is 113 cm³/mol. The lowest BCUT2D eigenvalue weighted by molar-refractivity contribution is -0.121. The summed E-state index contributed by atoms with van der Waals surface area (Å²) in [4.78, 5) is 24.4. The summed E-state index contributed by atoms with van der Waals surface area (Å²) in [5, 5.41) is 6.43. The fourth-order valence-corrected chi connectivity index (χ4v) is 3.02. The van der Waals surface area contributed by atoms with Crippen LogP contribution in [0.15, 0.2) is 71.3 Å². The molecule has 0 bridgehead atoms. The maximum absolute atomic E-state index is 12.3. The number of amides is 2. The molecule has 0 aliphatic rings. The van der Waals surface area contributed by atoms with Gasteiger partial charge in [-0.05, 0) is 60.4 Å². The maximum Gasteiger partial charge on any atom is 0.251 e. The van der Waals surface area contributed by atoms with Gasteiger partial charge in [-0.25, -0.2) is 0 Å².